The molecule has 1 atom stereocenters. The molecule has 0 aromatic carbocycles. The van der Waals surface area contributed by atoms with Crippen molar-refractivity contribution in [1.82, 2.24) is 15.5 Å². The summed E-state index contributed by atoms with van der Waals surface area (Å²) >= 11 is 0. The first kappa shape index (κ1) is 18.5. The lowest BCUT2D eigenvalue weighted by atomic mass is 10.2. The smallest absolute Gasteiger partial charge is 0.246 e. The molecule has 0 radical (unpaired) electrons. The van der Waals surface area contributed by atoms with E-state index in [1.807, 2.05) is 6.92 Å². The first-order valence-electron chi connectivity index (χ1n) is 6.46. The van der Waals surface area contributed by atoms with Gasteiger partial charge in [-0.05, 0) is 14.0 Å². The zero-order chi connectivity index (χ0) is 14.3. The number of carbonyl (C=O) groups is 3. The minimum atomic E-state index is -0.450. The fourth-order valence-electron chi connectivity index (χ4n) is 1.85. The Morgan fingerprint density at radius 3 is 2.70 bits per heavy atom. The third-order valence-electron chi connectivity index (χ3n) is 2.93. The molecule has 0 bridgehead atoms. The molecule has 0 aromatic rings. The third kappa shape index (κ3) is 5.26. The van der Waals surface area contributed by atoms with Gasteiger partial charge in [0.1, 0.15) is 0 Å². The predicted molar refractivity (Wildman–Crippen MR) is 75.0 cm³/mol. The zero-order valence-corrected chi connectivity index (χ0v) is 11.4. The summed E-state index contributed by atoms with van der Waals surface area (Å²) in [5, 5.41) is 5.45. The van der Waals surface area contributed by atoms with E-state index in [9.17, 15) is 14.4 Å². The number of likely N-dealkylation sites (N-methyl/N-ethyl adjacent to an activating group) is 1. The summed E-state index contributed by atoms with van der Waals surface area (Å²) in [6.45, 7) is 3.53. The van der Waals surface area contributed by atoms with Crippen molar-refractivity contribution in [2.45, 2.75) is 33.2 Å². The van der Waals surface area contributed by atoms with Crippen LogP contribution in [0.5, 0.6) is 0 Å². The molecule has 1 heterocycles. The van der Waals surface area contributed by atoms with Gasteiger partial charge in [0.15, 0.2) is 0 Å². The van der Waals surface area contributed by atoms with Crippen LogP contribution in [0.15, 0.2) is 0 Å². The molecule has 7 heteroatoms. The highest BCUT2D eigenvalue weighted by molar-refractivity contribution is 6.05. The van der Waals surface area contributed by atoms with Crippen molar-refractivity contribution in [3.05, 3.63) is 0 Å². The lowest BCUT2D eigenvalue weighted by Crippen LogP contribution is -2.39. The summed E-state index contributed by atoms with van der Waals surface area (Å²) in [5.41, 5.74) is 0. The average molecular weight is 287 g/mol. The van der Waals surface area contributed by atoms with E-state index < -0.39 is 6.04 Å². The lowest BCUT2D eigenvalue weighted by molar-refractivity contribution is -0.139. The molecule has 1 aliphatic heterocycles. The number of nitrogens with zero attached hydrogens (tertiary/aromatic N) is 1. The molecule has 3 amide bonds. The van der Waals surface area contributed by atoms with E-state index in [2.05, 4.69) is 10.6 Å². The molecular weight excluding hydrogens is 262 g/mol. The van der Waals surface area contributed by atoms with Crippen LogP contribution in [0.2, 0.25) is 0 Å². The number of imide groups is 1. The number of rotatable bonds is 8. The molecule has 0 saturated carbocycles. The van der Waals surface area contributed by atoms with Crippen LogP contribution in [-0.4, -0.2) is 62.0 Å². The van der Waals surface area contributed by atoms with Crippen LogP contribution in [-0.2, 0) is 19.1 Å². The molecule has 2 N–H and O–H groups in total. The highest BCUT2D eigenvalue weighted by Gasteiger charge is 2.37. The Morgan fingerprint density at radius 1 is 1.45 bits per heavy atom. The van der Waals surface area contributed by atoms with E-state index in [0.29, 0.717) is 19.8 Å². The maximum absolute atomic E-state index is 11.7. The Kier molecular flexibility index (Phi) is 8.74. The second kappa shape index (κ2) is 9.44. The Morgan fingerprint density at radius 2 is 2.15 bits per heavy atom. The van der Waals surface area contributed by atoms with Gasteiger partial charge in [-0.25, -0.2) is 0 Å². The molecule has 116 valence electrons. The second-order valence-corrected chi connectivity index (χ2v) is 4.23. The molecule has 1 aliphatic rings. The zero-order valence-electron chi connectivity index (χ0n) is 11.4. The van der Waals surface area contributed by atoms with Gasteiger partial charge in [0.2, 0.25) is 17.7 Å². The topological polar surface area (TPSA) is 87.7 Å². The number of hydrogen-bond donors (Lipinski definition) is 2. The largest absolute Gasteiger partial charge is 0.380 e. The van der Waals surface area contributed by atoms with E-state index in [1.54, 1.807) is 7.05 Å². The fourth-order valence-corrected chi connectivity index (χ4v) is 1.85. The Hall–Kier alpha value is -1.47. The highest BCUT2D eigenvalue weighted by atomic mass is 16.5. The standard InChI is InChI=1S/C12H21N3O4.CH4/c1-3-19-7-5-14-10(16)4-6-15-11(17)8-9(13-2)12(15)18;/h9,13H,3-8H2,1-2H3,(H,14,16);1H4. The number of hydrogen-bond acceptors (Lipinski definition) is 5. The number of amides is 3. The molecular formula is C13H25N3O4. The van der Waals surface area contributed by atoms with E-state index in [0.717, 1.165) is 4.90 Å². The Balaban J connectivity index is 0.00000361. The molecule has 20 heavy (non-hydrogen) atoms. The van der Waals surface area contributed by atoms with Crippen molar-refractivity contribution in [1.29, 1.82) is 0 Å². The van der Waals surface area contributed by atoms with E-state index in [1.165, 1.54) is 0 Å². The molecule has 0 aromatic heterocycles. The minimum Gasteiger partial charge on any atom is -0.380 e. The molecule has 1 fully saturated rings. The molecule has 1 unspecified atom stereocenters. The van der Waals surface area contributed by atoms with Crippen molar-refractivity contribution >= 4 is 17.7 Å². The van der Waals surface area contributed by atoms with Gasteiger partial charge in [0.05, 0.1) is 19.1 Å². The highest BCUT2D eigenvalue weighted by Crippen LogP contribution is 2.12. The maximum atomic E-state index is 11.7. The lowest BCUT2D eigenvalue weighted by Gasteiger charge is -2.14. The van der Waals surface area contributed by atoms with Gasteiger partial charge in [-0.3, -0.25) is 19.3 Å². The quantitative estimate of drug-likeness (QED) is 0.465. The molecule has 1 saturated heterocycles. The van der Waals surface area contributed by atoms with Crippen LogP contribution >= 0.6 is 0 Å². The normalized spacial score (nSPS) is 18.1. The van der Waals surface area contributed by atoms with Crippen LogP contribution in [0.3, 0.4) is 0 Å². The van der Waals surface area contributed by atoms with Crippen LogP contribution in [0.25, 0.3) is 0 Å². The molecule has 0 spiro atoms. The van der Waals surface area contributed by atoms with Gasteiger partial charge in [-0.1, -0.05) is 7.43 Å². The number of carbonyl (C=O) groups excluding carboxylic acids is 3. The first-order valence-corrected chi connectivity index (χ1v) is 6.46. The van der Waals surface area contributed by atoms with Gasteiger partial charge in [0.25, 0.3) is 0 Å². The van der Waals surface area contributed by atoms with Gasteiger partial charge in [-0.2, -0.15) is 0 Å². The van der Waals surface area contributed by atoms with Crippen molar-refractivity contribution in [3.8, 4) is 0 Å². The third-order valence-corrected chi connectivity index (χ3v) is 2.93. The second-order valence-electron chi connectivity index (χ2n) is 4.23. The Bertz CT molecular complexity index is 347. The van der Waals surface area contributed by atoms with Crippen LogP contribution in [0.1, 0.15) is 27.2 Å². The van der Waals surface area contributed by atoms with Crippen molar-refractivity contribution in [2.75, 3.05) is 33.4 Å². The monoisotopic (exact) mass is 287 g/mol. The predicted octanol–water partition coefficient (Wildman–Crippen LogP) is -0.488. The summed E-state index contributed by atoms with van der Waals surface area (Å²) in [4.78, 5) is 36.0. The summed E-state index contributed by atoms with van der Waals surface area (Å²) in [5.74, 6) is -0.672. The SMILES string of the molecule is C.CCOCCNC(=O)CCN1C(=O)CC(NC)C1=O. The molecule has 1 rings (SSSR count). The van der Waals surface area contributed by atoms with E-state index in [4.69, 9.17) is 4.74 Å². The summed E-state index contributed by atoms with van der Waals surface area (Å²) in [6.07, 6.45) is 0.293. The van der Waals surface area contributed by atoms with E-state index in [-0.39, 0.29) is 44.5 Å². The van der Waals surface area contributed by atoms with Gasteiger partial charge >= 0.3 is 0 Å². The average Bonchev–Trinajstić information content (AvgIpc) is 2.67. The van der Waals surface area contributed by atoms with Crippen LogP contribution < -0.4 is 10.6 Å². The summed E-state index contributed by atoms with van der Waals surface area (Å²) < 4.78 is 5.08. The van der Waals surface area contributed by atoms with Gasteiger partial charge < -0.3 is 15.4 Å². The van der Waals surface area contributed by atoms with Gasteiger partial charge in [0, 0.05) is 26.1 Å². The minimum absolute atomic E-state index is 0. The van der Waals surface area contributed by atoms with E-state index >= 15 is 0 Å². The van der Waals surface area contributed by atoms with Crippen molar-refractivity contribution < 1.29 is 19.1 Å². The van der Waals surface area contributed by atoms with Gasteiger partial charge in [-0.15, -0.1) is 0 Å². The first-order chi connectivity index (χ1) is 9.10. The maximum Gasteiger partial charge on any atom is 0.246 e. The molecule has 7 nitrogen and oxygen atoms in total. The molecule has 0 aliphatic carbocycles. The van der Waals surface area contributed by atoms with Crippen LogP contribution in [0, 0.1) is 0 Å². The summed E-state index contributed by atoms with van der Waals surface area (Å²) in [6, 6.07) is -0.450. The van der Waals surface area contributed by atoms with Crippen molar-refractivity contribution in [2.24, 2.45) is 0 Å². The number of ether oxygens (including phenoxy) is 1. The van der Waals surface area contributed by atoms with Crippen LogP contribution in [0.4, 0.5) is 0 Å². The van der Waals surface area contributed by atoms with Crippen molar-refractivity contribution in [3.63, 3.8) is 0 Å². The number of likely N-dealkylation sites (tertiary alicyclic amines) is 1. The summed E-state index contributed by atoms with van der Waals surface area (Å²) in [7, 11) is 1.64. The fraction of sp³-hybridized carbons (Fsp3) is 0.769. The number of nitrogens with one attached hydrogen (secondary N) is 2. The Labute approximate surface area is 120 Å².